The van der Waals surface area contributed by atoms with Crippen LogP contribution in [-0.4, -0.2) is 45.0 Å². The molecule has 0 saturated carbocycles. The molecule has 0 radical (unpaired) electrons. The minimum Gasteiger partial charge on any atom is -0.465 e. The summed E-state index contributed by atoms with van der Waals surface area (Å²) in [5, 5.41) is 8.76. The molecule has 0 fully saturated rings. The molecule has 1 atom stereocenters. The number of ether oxygens (including phenoxy) is 1. The monoisotopic (exact) mass is 267 g/mol. The van der Waals surface area contributed by atoms with E-state index in [4.69, 9.17) is 5.11 Å². The number of carbonyl (C=O) groups excluding carboxylic acids is 1. The van der Waals surface area contributed by atoms with E-state index < -0.39 is 21.7 Å². The third-order valence-corrected chi connectivity index (χ3v) is 3.54. The molecular formula is C10H21NO5S. The van der Waals surface area contributed by atoms with Crippen molar-refractivity contribution in [2.45, 2.75) is 26.7 Å². The summed E-state index contributed by atoms with van der Waals surface area (Å²) in [6, 6.07) is 0. The van der Waals surface area contributed by atoms with Crippen LogP contribution in [0.1, 0.15) is 26.7 Å². The fraction of sp³-hybridized carbons (Fsp3) is 0.900. The van der Waals surface area contributed by atoms with Crippen LogP contribution in [0, 0.1) is 5.92 Å². The van der Waals surface area contributed by atoms with E-state index in [1.165, 1.54) is 0 Å². The molecule has 7 heteroatoms. The molecule has 0 rings (SSSR count). The summed E-state index contributed by atoms with van der Waals surface area (Å²) in [5.41, 5.74) is 0. The van der Waals surface area contributed by atoms with Gasteiger partial charge in [0.25, 0.3) is 0 Å². The fourth-order valence-corrected chi connectivity index (χ4v) is 2.27. The van der Waals surface area contributed by atoms with Crippen LogP contribution in [0.4, 0.5) is 0 Å². The largest absolute Gasteiger partial charge is 0.465 e. The number of aliphatic hydroxyl groups excluding tert-OH is 1. The van der Waals surface area contributed by atoms with Crippen LogP contribution in [0.3, 0.4) is 0 Å². The first-order chi connectivity index (χ1) is 7.95. The summed E-state index contributed by atoms with van der Waals surface area (Å²) in [5.74, 6) is -1.33. The van der Waals surface area contributed by atoms with Crippen LogP contribution in [0.25, 0.3) is 0 Å². The van der Waals surface area contributed by atoms with Gasteiger partial charge in [0.15, 0.2) is 5.75 Å². The van der Waals surface area contributed by atoms with Crippen molar-refractivity contribution in [1.29, 1.82) is 0 Å². The van der Waals surface area contributed by atoms with Crippen molar-refractivity contribution in [3.05, 3.63) is 0 Å². The Balaban J connectivity index is 4.12. The topological polar surface area (TPSA) is 92.7 Å². The molecule has 0 aliphatic carbocycles. The van der Waals surface area contributed by atoms with Crippen molar-refractivity contribution in [3.63, 3.8) is 0 Å². The lowest BCUT2D eigenvalue weighted by atomic mass is 10.0. The van der Waals surface area contributed by atoms with Gasteiger partial charge in [0.1, 0.15) is 0 Å². The minimum atomic E-state index is -3.63. The van der Waals surface area contributed by atoms with Crippen LogP contribution in [-0.2, 0) is 19.6 Å². The van der Waals surface area contributed by atoms with Gasteiger partial charge < -0.3 is 9.84 Å². The molecule has 0 aromatic carbocycles. The van der Waals surface area contributed by atoms with Gasteiger partial charge in [-0.1, -0.05) is 13.3 Å². The Kier molecular flexibility index (Phi) is 8.11. The van der Waals surface area contributed by atoms with Crippen molar-refractivity contribution in [2.75, 3.05) is 25.5 Å². The molecule has 0 bridgehead atoms. The maximum Gasteiger partial charge on any atom is 0.322 e. The highest BCUT2D eigenvalue weighted by Gasteiger charge is 2.18. The standard InChI is InChI=1S/C10H21NO5S/c1-3-9(5-6-12)7-11-17(14,15)8-10(13)16-4-2/h9,11-12H,3-8H2,1-2H3. The Morgan fingerprint density at radius 3 is 2.53 bits per heavy atom. The zero-order valence-corrected chi connectivity index (χ0v) is 11.1. The summed E-state index contributed by atoms with van der Waals surface area (Å²) >= 11 is 0. The first-order valence-corrected chi connectivity index (χ1v) is 7.34. The van der Waals surface area contributed by atoms with E-state index >= 15 is 0 Å². The van der Waals surface area contributed by atoms with E-state index in [0.29, 0.717) is 6.42 Å². The number of nitrogens with one attached hydrogen (secondary N) is 1. The summed E-state index contributed by atoms with van der Waals surface area (Å²) in [4.78, 5) is 11.0. The zero-order valence-electron chi connectivity index (χ0n) is 10.3. The van der Waals surface area contributed by atoms with Gasteiger partial charge in [-0.15, -0.1) is 0 Å². The van der Waals surface area contributed by atoms with Crippen molar-refractivity contribution in [2.24, 2.45) is 5.92 Å². The van der Waals surface area contributed by atoms with E-state index in [1.54, 1.807) is 6.92 Å². The Labute approximate surface area is 102 Å². The summed E-state index contributed by atoms with van der Waals surface area (Å²) in [6.07, 6.45) is 1.31. The second-order valence-corrected chi connectivity index (χ2v) is 5.51. The summed E-state index contributed by atoms with van der Waals surface area (Å²) < 4.78 is 29.8. The number of hydrogen-bond acceptors (Lipinski definition) is 5. The molecule has 1 unspecified atom stereocenters. The zero-order chi connectivity index (χ0) is 13.3. The molecule has 0 saturated heterocycles. The average molecular weight is 267 g/mol. The first kappa shape index (κ1) is 16.3. The summed E-state index contributed by atoms with van der Waals surface area (Å²) in [6.45, 7) is 3.96. The Bertz CT molecular complexity index is 315. The van der Waals surface area contributed by atoms with Crippen molar-refractivity contribution >= 4 is 16.0 Å². The van der Waals surface area contributed by atoms with Gasteiger partial charge in [0, 0.05) is 13.2 Å². The fourth-order valence-electron chi connectivity index (χ4n) is 1.29. The Morgan fingerprint density at radius 2 is 2.06 bits per heavy atom. The number of rotatable bonds is 9. The molecule has 102 valence electrons. The molecule has 0 aliphatic rings. The van der Waals surface area contributed by atoms with Gasteiger partial charge in [0.2, 0.25) is 10.0 Å². The molecule has 2 N–H and O–H groups in total. The Morgan fingerprint density at radius 1 is 1.41 bits per heavy atom. The van der Waals surface area contributed by atoms with Gasteiger partial charge in [-0.25, -0.2) is 13.1 Å². The maximum atomic E-state index is 11.5. The molecule has 0 amide bonds. The van der Waals surface area contributed by atoms with Gasteiger partial charge in [-0.05, 0) is 19.3 Å². The van der Waals surface area contributed by atoms with Crippen molar-refractivity contribution in [3.8, 4) is 0 Å². The lowest BCUT2D eigenvalue weighted by Crippen LogP contribution is -2.34. The average Bonchev–Trinajstić information content (AvgIpc) is 2.23. The van der Waals surface area contributed by atoms with Crippen LogP contribution in [0.5, 0.6) is 0 Å². The normalized spacial score (nSPS) is 13.4. The predicted molar refractivity (Wildman–Crippen MR) is 63.9 cm³/mol. The number of carbonyl (C=O) groups is 1. The number of esters is 1. The van der Waals surface area contributed by atoms with E-state index in [9.17, 15) is 13.2 Å². The lowest BCUT2D eigenvalue weighted by Gasteiger charge is -2.14. The van der Waals surface area contributed by atoms with Gasteiger partial charge in [-0.3, -0.25) is 4.79 Å². The van der Waals surface area contributed by atoms with Gasteiger partial charge in [0.05, 0.1) is 6.61 Å². The highest BCUT2D eigenvalue weighted by molar-refractivity contribution is 7.90. The second kappa shape index (κ2) is 8.43. The molecule has 17 heavy (non-hydrogen) atoms. The van der Waals surface area contributed by atoms with Gasteiger partial charge in [-0.2, -0.15) is 0 Å². The van der Waals surface area contributed by atoms with E-state index in [-0.39, 0.29) is 25.7 Å². The van der Waals surface area contributed by atoms with E-state index in [2.05, 4.69) is 9.46 Å². The molecular weight excluding hydrogens is 246 g/mol. The minimum absolute atomic E-state index is 0.0259. The van der Waals surface area contributed by atoms with Crippen LogP contribution < -0.4 is 4.72 Å². The molecule has 0 aliphatic heterocycles. The number of sulfonamides is 1. The Hall–Kier alpha value is -0.660. The van der Waals surface area contributed by atoms with Crippen LogP contribution in [0.15, 0.2) is 0 Å². The van der Waals surface area contributed by atoms with E-state index in [1.807, 2.05) is 6.92 Å². The smallest absolute Gasteiger partial charge is 0.322 e. The molecule has 0 aromatic heterocycles. The highest BCUT2D eigenvalue weighted by Crippen LogP contribution is 2.06. The maximum absolute atomic E-state index is 11.5. The number of aliphatic hydroxyl groups is 1. The lowest BCUT2D eigenvalue weighted by molar-refractivity contribution is -0.139. The van der Waals surface area contributed by atoms with Gasteiger partial charge >= 0.3 is 5.97 Å². The predicted octanol–water partition coefficient (Wildman–Crippen LogP) is -0.122. The molecule has 0 heterocycles. The first-order valence-electron chi connectivity index (χ1n) is 5.69. The molecule has 0 spiro atoms. The summed E-state index contributed by atoms with van der Waals surface area (Å²) in [7, 11) is -3.63. The highest BCUT2D eigenvalue weighted by atomic mass is 32.2. The SMILES string of the molecule is CCOC(=O)CS(=O)(=O)NCC(CC)CCO. The third-order valence-electron chi connectivity index (χ3n) is 2.32. The molecule has 0 aromatic rings. The van der Waals surface area contributed by atoms with E-state index in [0.717, 1.165) is 6.42 Å². The van der Waals surface area contributed by atoms with Crippen LogP contribution in [0.2, 0.25) is 0 Å². The second-order valence-electron chi connectivity index (χ2n) is 3.70. The third kappa shape index (κ3) is 8.12. The van der Waals surface area contributed by atoms with Crippen LogP contribution >= 0.6 is 0 Å². The van der Waals surface area contributed by atoms with Crippen molar-refractivity contribution in [1.82, 2.24) is 4.72 Å². The van der Waals surface area contributed by atoms with Crippen molar-refractivity contribution < 1.29 is 23.1 Å². The molecule has 6 nitrogen and oxygen atoms in total. The number of hydrogen-bond donors (Lipinski definition) is 2. The quantitative estimate of drug-likeness (QED) is 0.568.